The Bertz CT molecular complexity index is 1620. The summed E-state index contributed by atoms with van der Waals surface area (Å²) in [5.74, 6) is -0.00893. The second-order valence-corrected chi connectivity index (χ2v) is 10.5. The molecule has 6 nitrogen and oxygen atoms in total. The third kappa shape index (κ3) is 4.85. The molecule has 1 amide bonds. The minimum Gasteiger partial charge on any atom is -0.325 e. The minimum absolute atomic E-state index is 0.115. The average molecular weight is 501 g/mol. The van der Waals surface area contributed by atoms with E-state index < -0.39 is 0 Å². The maximum atomic E-state index is 13.6. The summed E-state index contributed by atoms with van der Waals surface area (Å²) >= 11 is 2.63. The van der Waals surface area contributed by atoms with Gasteiger partial charge in [-0.3, -0.25) is 14.2 Å². The number of amides is 1. The van der Waals surface area contributed by atoms with Gasteiger partial charge in [-0.25, -0.2) is 9.97 Å². The molecule has 0 aliphatic heterocycles. The molecule has 0 saturated carbocycles. The van der Waals surface area contributed by atoms with E-state index in [1.54, 1.807) is 10.8 Å². The fourth-order valence-corrected chi connectivity index (χ4v) is 5.64. The molecule has 0 spiro atoms. The molecule has 5 aromatic rings. The van der Waals surface area contributed by atoms with Gasteiger partial charge in [0, 0.05) is 17.3 Å². The van der Waals surface area contributed by atoms with Crippen molar-refractivity contribution in [2.75, 3.05) is 11.1 Å². The van der Waals surface area contributed by atoms with Gasteiger partial charge in [0.1, 0.15) is 9.53 Å². The van der Waals surface area contributed by atoms with E-state index in [1.807, 2.05) is 75.4 Å². The van der Waals surface area contributed by atoms with E-state index in [0.717, 1.165) is 32.6 Å². The zero-order chi connectivity index (χ0) is 24.5. The highest BCUT2D eigenvalue weighted by Gasteiger charge is 2.18. The zero-order valence-corrected chi connectivity index (χ0v) is 21.3. The Morgan fingerprint density at radius 2 is 1.86 bits per heavy atom. The Kier molecular flexibility index (Phi) is 6.40. The van der Waals surface area contributed by atoms with Crippen LogP contribution in [-0.4, -0.2) is 26.2 Å². The number of aryl methyl sites for hydroxylation is 3. The van der Waals surface area contributed by atoms with Crippen molar-refractivity contribution < 1.29 is 4.79 Å². The van der Waals surface area contributed by atoms with Crippen molar-refractivity contribution in [3.63, 3.8) is 0 Å². The predicted molar refractivity (Wildman–Crippen MR) is 145 cm³/mol. The summed E-state index contributed by atoms with van der Waals surface area (Å²) in [5.41, 5.74) is 5.73. The van der Waals surface area contributed by atoms with Gasteiger partial charge in [-0.15, -0.1) is 11.3 Å². The largest absolute Gasteiger partial charge is 0.325 e. The van der Waals surface area contributed by atoms with Gasteiger partial charge in [0.2, 0.25) is 5.91 Å². The third-order valence-corrected chi connectivity index (χ3v) is 7.97. The summed E-state index contributed by atoms with van der Waals surface area (Å²) in [6, 6.07) is 17.7. The molecule has 0 radical (unpaired) electrons. The van der Waals surface area contributed by atoms with E-state index in [4.69, 9.17) is 4.98 Å². The fourth-order valence-electron chi connectivity index (χ4n) is 3.81. The minimum atomic E-state index is -0.147. The van der Waals surface area contributed by atoms with E-state index in [2.05, 4.69) is 10.3 Å². The fraction of sp³-hybridized carbons (Fsp3) is 0.185. The van der Waals surface area contributed by atoms with Crippen molar-refractivity contribution in [3.05, 3.63) is 93.4 Å². The quantitative estimate of drug-likeness (QED) is 0.239. The molecule has 0 fully saturated rings. The van der Waals surface area contributed by atoms with Crippen LogP contribution >= 0.6 is 23.1 Å². The first-order chi connectivity index (χ1) is 16.9. The Morgan fingerprint density at radius 3 is 2.63 bits per heavy atom. The van der Waals surface area contributed by atoms with Gasteiger partial charge in [-0.05, 0) is 61.7 Å². The lowest BCUT2D eigenvalue weighted by atomic mass is 10.1. The van der Waals surface area contributed by atoms with Gasteiger partial charge in [0.25, 0.3) is 5.56 Å². The van der Waals surface area contributed by atoms with Crippen LogP contribution in [0.1, 0.15) is 22.3 Å². The number of aromatic nitrogens is 3. The molecule has 0 bridgehead atoms. The number of thiophene rings is 1. The van der Waals surface area contributed by atoms with Crippen LogP contribution in [0, 0.1) is 20.8 Å². The molecule has 3 heterocycles. The van der Waals surface area contributed by atoms with Crippen LogP contribution in [-0.2, 0) is 11.3 Å². The number of fused-ring (bicyclic) bond motifs is 3. The normalized spacial score (nSPS) is 11.3. The second-order valence-electron chi connectivity index (χ2n) is 8.54. The van der Waals surface area contributed by atoms with Crippen LogP contribution in [0.25, 0.3) is 20.4 Å². The SMILES string of the molecule is Cc1ccc(Cn2c(SCC(=O)Nc3ccc(C)c(C)c3)nc3c(sc4ncccc43)c2=O)cc1. The van der Waals surface area contributed by atoms with E-state index >= 15 is 0 Å². The summed E-state index contributed by atoms with van der Waals surface area (Å²) in [6.45, 7) is 6.46. The zero-order valence-electron chi connectivity index (χ0n) is 19.7. The Hall–Kier alpha value is -3.49. The summed E-state index contributed by atoms with van der Waals surface area (Å²) in [7, 11) is 0. The first-order valence-corrected chi connectivity index (χ1v) is 13.0. The number of nitrogens with zero attached hydrogens (tertiary/aromatic N) is 3. The molecule has 35 heavy (non-hydrogen) atoms. The van der Waals surface area contributed by atoms with Crippen LogP contribution in [0.3, 0.4) is 0 Å². The molecule has 0 aliphatic carbocycles. The standard InChI is InChI=1S/C27H24N4O2S2/c1-16-6-9-19(10-7-16)14-31-26(33)24-23(21-5-4-12-28-25(21)35-24)30-27(31)34-15-22(32)29-20-11-8-17(2)18(3)13-20/h4-13H,14-15H2,1-3H3,(H,29,32). The summed E-state index contributed by atoms with van der Waals surface area (Å²) < 4.78 is 2.24. The Morgan fingerprint density at radius 1 is 1.06 bits per heavy atom. The predicted octanol–water partition coefficient (Wildman–Crippen LogP) is 5.71. The van der Waals surface area contributed by atoms with Gasteiger partial charge in [0.05, 0.1) is 17.8 Å². The van der Waals surface area contributed by atoms with E-state index in [-0.39, 0.29) is 17.2 Å². The number of thioether (sulfide) groups is 1. The van der Waals surface area contributed by atoms with Crippen molar-refractivity contribution in [2.45, 2.75) is 32.5 Å². The number of rotatable bonds is 6. The lowest BCUT2D eigenvalue weighted by molar-refractivity contribution is -0.113. The van der Waals surface area contributed by atoms with Gasteiger partial charge < -0.3 is 5.32 Å². The molecule has 0 saturated heterocycles. The number of carbonyl (C=O) groups excluding carboxylic acids is 1. The number of anilines is 1. The molecule has 8 heteroatoms. The molecule has 2 aromatic carbocycles. The molecule has 0 atom stereocenters. The molecule has 0 aliphatic rings. The van der Waals surface area contributed by atoms with Gasteiger partial charge >= 0.3 is 0 Å². The first kappa shape index (κ1) is 23.3. The van der Waals surface area contributed by atoms with Gasteiger partial charge in [-0.1, -0.05) is 47.7 Å². The topological polar surface area (TPSA) is 76.9 Å². The maximum absolute atomic E-state index is 13.6. The summed E-state index contributed by atoms with van der Waals surface area (Å²) in [5, 5.41) is 4.32. The van der Waals surface area contributed by atoms with Crippen LogP contribution in [0.15, 0.2) is 70.7 Å². The molecule has 3 aromatic heterocycles. The number of nitrogens with one attached hydrogen (secondary N) is 1. The average Bonchev–Trinajstić information content (AvgIpc) is 3.22. The lowest BCUT2D eigenvalue weighted by Crippen LogP contribution is -2.24. The first-order valence-electron chi connectivity index (χ1n) is 11.2. The van der Waals surface area contributed by atoms with Crippen molar-refractivity contribution in [3.8, 4) is 0 Å². The summed E-state index contributed by atoms with van der Waals surface area (Å²) in [4.78, 5) is 36.4. The molecule has 1 N–H and O–H groups in total. The lowest BCUT2D eigenvalue weighted by Gasteiger charge is -2.13. The van der Waals surface area contributed by atoms with Crippen LogP contribution in [0.4, 0.5) is 5.69 Å². The highest BCUT2D eigenvalue weighted by Crippen LogP contribution is 2.30. The van der Waals surface area contributed by atoms with Gasteiger partial charge in [0.15, 0.2) is 5.16 Å². The van der Waals surface area contributed by atoms with Crippen molar-refractivity contribution in [2.24, 2.45) is 0 Å². The maximum Gasteiger partial charge on any atom is 0.272 e. The Labute approximate surface area is 211 Å². The van der Waals surface area contributed by atoms with E-state index in [9.17, 15) is 9.59 Å². The number of hydrogen-bond acceptors (Lipinski definition) is 6. The molecule has 0 unspecified atom stereocenters. The van der Waals surface area contributed by atoms with Gasteiger partial charge in [-0.2, -0.15) is 0 Å². The van der Waals surface area contributed by atoms with Crippen molar-refractivity contribution in [1.82, 2.24) is 14.5 Å². The van der Waals surface area contributed by atoms with Crippen molar-refractivity contribution >= 4 is 55.1 Å². The molecular weight excluding hydrogens is 476 g/mol. The Balaban J connectivity index is 1.49. The second kappa shape index (κ2) is 9.64. The molecule has 176 valence electrons. The molecular formula is C27H24N4O2S2. The monoisotopic (exact) mass is 500 g/mol. The number of hydrogen-bond donors (Lipinski definition) is 1. The number of benzene rings is 2. The summed E-state index contributed by atoms with van der Waals surface area (Å²) in [6.07, 6.45) is 1.72. The van der Waals surface area contributed by atoms with Crippen LogP contribution in [0.2, 0.25) is 0 Å². The van der Waals surface area contributed by atoms with Crippen LogP contribution < -0.4 is 10.9 Å². The highest BCUT2D eigenvalue weighted by atomic mass is 32.2. The number of pyridine rings is 1. The highest BCUT2D eigenvalue weighted by molar-refractivity contribution is 7.99. The smallest absolute Gasteiger partial charge is 0.272 e. The van der Waals surface area contributed by atoms with E-state index in [1.165, 1.54) is 28.7 Å². The van der Waals surface area contributed by atoms with Crippen molar-refractivity contribution in [1.29, 1.82) is 0 Å². The number of carbonyl (C=O) groups is 1. The van der Waals surface area contributed by atoms with E-state index in [0.29, 0.717) is 21.9 Å². The third-order valence-electron chi connectivity index (χ3n) is 5.90. The van der Waals surface area contributed by atoms with Crippen LogP contribution in [0.5, 0.6) is 0 Å². The molecule has 5 rings (SSSR count).